The van der Waals surface area contributed by atoms with E-state index in [0.717, 1.165) is 16.5 Å². The van der Waals surface area contributed by atoms with Gasteiger partial charge < -0.3 is 14.5 Å². The van der Waals surface area contributed by atoms with Crippen LogP contribution in [0.3, 0.4) is 0 Å². The van der Waals surface area contributed by atoms with E-state index >= 15 is 0 Å². The zero-order chi connectivity index (χ0) is 17.8. The number of aromatic amines is 1. The number of hydrazone groups is 1. The number of methoxy groups -OCH3 is 2. The van der Waals surface area contributed by atoms with E-state index in [1.165, 1.54) is 0 Å². The van der Waals surface area contributed by atoms with Crippen LogP contribution in [-0.4, -0.2) is 30.8 Å². The van der Waals surface area contributed by atoms with Crippen molar-refractivity contribution >= 4 is 22.5 Å². The number of carbonyl (C=O) groups is 1. The Labute approximate surface area is 145 Å². The fourth-order valence-corrected chi connectivity index (χ4v) is 2.58. The average Bonchev–Trinajstić information content (AvgIpc) is 3.09. The summed E-state index contributed by atoms with van der Waals surface area (Å²) in [4.78, 5) is 15.5. The van der Waals surface area contributed by atoms with Crippen molar-refractivity contribution in [2.75, 3.05) is 14.2 Å². The first-order chi connectivity index (χ1) is 12.1. The standard InChI is InChI=1S/C19H19N3O3/c1-12(13-8-9-17(24-2)18(10-13)25-3)21-22-19(23)15-11-20-16-7-5-4-6-14(15)16/h4-11,20H,1-3H3,(H,22,23). The van der Waals surface area contributed by atoms with Crippen molar-refractivity contribution < 1.29 is 14.3 Å². The van der Waals surface area contributed by atoms with Crippen molar-refractivity contribution in [3.05, 3.63) is 59.8 Å². The Balaban J connectivity index is 1.80. The van der Waals surface area contributed by atoms with Gasteiger partial charge >= 0.3 is 0 Å². The number of ether oxygens (including phenoxy) is 2. The minimum Gasteiger partial charge on any atom is -0.493 e. The number of carbonyl (C=O) groups excluding carboxylic acids is 1. The highest BCUT2D eigenvalue weighted by Gasteiger charge is 2.11. The molecule has 3 rings (SSSR count). The summed E-state index contributed by atoms with van der Waals surface area (Å²) in [6.07, 6.45) is 1.68. The van der Waals surface area contributed by atoms with Crippen molar-refractivity contribution in [3.63, 3.8) is 0 Å². The maximum absolute atomic E-state index is 12.4. The summed E-state index contributed by atoms with van der Waals surface area (Å²) in [6.45, 7) is 1.82. The molecule has 0 unspecified atom stereocenters. The number of fused-ring (bicyclic) bond motifs is 1. The highest BCUT2D eigenvalue weighted by molar-refractivity contribution is 6.07. The number of nitrogens with one attached hydrogen (secondary N) is 2. The van der Waals surface area contributed by atoms with Gasteiger partial charge in [-0.1, -0.05) is 18.2 Å². The molecule has 0 aliphatic carbocycles. The molecule has 0 aliphatic heterocycles. The van der Waals surface area contributed by atoms with Gasteiger partial charge in [-0.2, -0.15) is 5.10 Å². The molecule has 0 bridgehead atoms. The third-order valence-electron chi connectivity index (χ3n) is 3.96. The van der Waals surface area contributed by atoms with Crippen molar-refractivity contribution in [1.29, 1.82) is 0 Å². The number of para-hydroxylation sites is 1. The third-order valence-corrected chi connectivity index (χ3v) is 3.96. The lowest BCUT2D eigenvalue weighted by atomic mass is 10.1. The van der Waals surface area contributed by atoms with Crippen LogP contribution in [0.15, 0.2) is 53.8 Å². The molecule has 2 N–H and O–H groups in total. The Morgan fingerprint density at radius 2 is 1.84 bits per heavy atom. The molecule has 0 atom stereocenters. The fraction of sp³-hybridized carbons (Fsp3) is 0.158. The first-order valence-electron chi connectivity index (χ1n) is 7.77. The van der Waals surface area contributed by atoms with Gasteiger partial charge in [0.05, 0.1) is 25.5 Å². The number of rotatable bonds is 5. The molecule has 1 amide bonds. The third kappa shape index (κ3) is 3.33. The van der Waals surface area contributed by atoms with Gasteiger partial charge in [-0.25, -0.2) is 5.43 Å². The molecule has 128 valence electrons. The molecule has 0 aliphatic rings. The van der Waals surface area contributed by atoms with Gasteiger partial charge in [0, 0.05) is 22.7 Å². The van der Waals surface area contributed by atoms with Crippen LogP contribution in [0.2, 0.25) is 0 Å². The fourth-order valence-electron chi connectivity index (χ4n) is 2.58. The summed E-state index contributed by atoms with van der Waals surface area (Å²) in [7, 11) is 3.16. The van der Waals surface area contributed by atoms with Crippen LogP contribution in [0.5, 0.6) is 11.5 Å². The second-order valence-electron chi connectivity index (χ2n) is 5.46. The molecule has 0 saturated heterocycles. The van der Waals surface area contributed by atoms with Gasteiger partial charge in [0.2, 0.25) is 0 Å². The highest BCUT2D eigenvalue weighted by atomic mass is 16.5. The van der Waals surface area contributed by atoms with Gasteiger partial charge in [-0.15, -0.1) is 0 Å². The Hall–Kier alpha value is -3.28. The molecule has 0 spiro atoms. The van der Waals surface area contributed by atoms with Crippen molar-refractivity contribution in [2.24, 2.45) is 5.10 Å². The van der Waals surface area contributed by atoms with E-state index in [-0.39, 0.29) is 5.91 Å². The van der Waals surface area contributed by atoms with E-state index in [9.17, 15) is 4.79 Å². The number of amides is 1. The average molecular weight is 337 g/mol. The number of benzene rings is 2. The number of aromatic nitrogens is 1. The van der Waals surface area contributed by atoms with Gasteiger partial charge in [0.25, 0.3) is 5.91 Å². The number of hydrogen-bond donors (Lipinski definition) is 2. The second kappa shape index (κ2) is 7.09. The molecule has 6 nitrogen and oxygen atoms in total. The topological polar surface area (TPSA) is 75.7 Å². The van der Waals surface area contributed by atoms with Crippen molar-refractivity contribution in [1.82, 2.24) is 10.4 Å². The molecule has 0 saturated carbocycles. The first-order valence-corrected chi connectivity index (χ1v) is 7.77. The van der Waals surface area contributed by atoms with Crippen molar-refractivity contribution in [2.45, 2.75) is 6.92 Å². The van der Waals surface area contributed by atoms with E-state index in [1.807, 2.05) is 43.3 Å². The molecule has 1 heterocycles. The summed E-state index contributed by atoms with van der Waals surface area (Å²) in [5.41, 5.74) is 5.56. The SMILES string of the molecule is COc1ccc(C(C)=NNC(=O)c2c[nH]c3ccccc23)cc1OC. The van der Waals surface area contributed by atoms with Crippen LogP contribution in [0.1, 0.15) is 22.8 Å². The predicted octanol–water partition coefficient (Wildman–Crippen LogP) is 3.34. The molecular formula is C19H19N3O3. The van der Waals surface area contributed by atoms with Crippen LogP contribution < -0.4 is 14.9 Å². The van der Waals surface area contributed by atoms with Gasteiger partial charge in [0.15, 0.2) is 11.5 Å². The summed E-state index contributed by atoms with van der Waals surface area (Å²) >= 11 is 0. The number of H-pyrrole nitrogens is 1. The van der Waals surface area contributed by atoms with E-state index in [1.54, 1.807) is 26.5 Å². The molecule has 2 aromatic carbocycles. The minimum atomic E-state index is -0.266. The summed E-state index contributed by atoms with van der Waals surface area (Å²) in [5, 5.41) is 5.06. The molecular weight excluding hydrogens is 318 g/mol. The first kappa shape index (κ1) is 16.6. The normalized spacial score (nSPS) is 11.4. The smallest absolute Gasteiger partial charge is 0.273 e. The molecule has 0 fully saturated rings. The zero-order valence-corrected chi connectivity index (χ0v) is 14.3. The van der Waals surface area contributed by atoms with Crippen LogP contribution in [0, 0.1) is 0 Å². The quantitative estimate of drug-likeness (QED) is 0.554. The van der Waals surface area contributed by atoms with E-state index in [2.05, 4.69) is 15.5 Å². The summed E-state index contributed by atoms with van der Waals surface area (Å²) < 4.78 is 10.5. The Morgan fingerprint density at radius 1 is 1.08 bits per heavy atom. The molecule has 6 heteroatoms. The lowest BCUT2D eigenvalue weighted by Gasteiger charge is -2.09. The number of hydrogen-bond acceptors (Lipinski definition) is 4. The Bertz CT molecular complexity index is 944. The molecule has 0 radical (unpaired) electrons. The Morgan fingerprint density at radius 3 is 2.60 bits per heavy atom. The summed E-state index contributed by atoms with van der Waals surface area (Å²) in [5.74, 6) is 0.983. The molecule has 25 heavy (non-hydrogen) atoms. The van der Waals surface area contributed by atoms with E-state index in [0.29, 0.717) is 22.8 Å². The van der Waals surface area contributed by atoms with Gasteiger partial charge in [0.1, 0.15) is 0 Å². The molecule has 3 aromatic rings. The monoisotopic (exact) mass is 337 g/mol. The predicted molar refractivity (Wildman–Crippen MR) is 97.5 cm³/mol. The second-order valence-corrected chi connectivity index (χ2v) is 5.46. The van der Waals surface area contributed by atoms with Crippen LogP contribution in [0.4, 0.5) is 0 Å². The lowest BCUT2D eigenvalue weighted by molar-refractivity contribution is 0.0956. The maximum Gasteiger partial charge on any atom is 0.273 e. The van der Waals surface area contributed by atoms with Crippen LogP contribution in [0.25, 0.3) is 10.9 Å². The minimum absolute atomic E-state index is 0.266. The summed E-state index contributed by atoms with van der Waals surface area (Å²) in [6, 6.07) is 13.1. The Kier molecular flexibility index (Phi) is 4.70. The van der Waals surface area contributed by atoms with E-state index in [4.69, 9.17) is 9.47 Å². The largest absolute Gasteiger partial charge is 0.493 e. The van der Waals surface area contributed by atoms with Gasteiger partial charge in [-0.05, 0) is 31.2 Å². The zero-order valence-electron chi connectivity index (χ0n) is 14.3. The van der Waals surface area contributed by atoms with Crippen LogP contribution in [-0.2, 0) is 0 Å². The maximum atomic E-state index is 12.4. The van der Waals surface area contributed by atoms with Gasteiger partial charge in [-0.3, -0.25) is 4.79 Å². The highest BCUT2D eigenvalue weighted by Crippen LogP contribution is 2.27. The van der Waals surface area contributed by atoms with Crippen molar-refractivity contribution in [3.8, 4) is 11.5 Å². The van der Waals surface area contributed by atoms with Crippen LogP contribution >= 0.6 is 0 Å². The molecule has 1 aromatic heterocycles. The number of nitrogens with zero attached hydrogens (tertiary/aromatic N) is 1. The van der Waals surface area contributed by atoms with E-state index < -0.39 is 0 Å². The lowest BCUT2D eigenvalue weighted by Crippen LogP contribution is -2.19.